The molecule has 1 amide bonds. The molecule has 1 saturated heterocycles. The third kappa shape index (κ3) is 6.03. The van der Waals surface area contributed by atoms with Crippen molar-refractivity contribution in [2.45, 2.75) is 37.0 Å². The van der Waals surface area contributed by atoms with Gasteiger partial charge in [0.2, 0.25) is 15.9 Å². The van der Waals surface area contributed by atoms with Crippen LogP contribution in [0.3, 0.4) is 0 Å². The van der Waals surface area contributed by atoms with Crippen LogP contribution < -0.4 is 10.1 Å². The number of benzene rings is 2. The Kier molecular flexibility index (Phi) is 7.81. The lowest BCUT2D eigenvalue weighted by atomic mass is 10.1. The highest BCUT2D eigenvalue weighted by atomic mass is 32.2. The standard InChI is InChI=1S/C22H27FN2O4S/c23-21-7-3-2-6-18(21)8-13-22(26)24-14-17-29-19-9-11-20(12-10-19)30(27,28)25-15-4-1-5-16-25/h2-3,6-7,9-12H,1,4-5,8,13-17H2,(H,24,26). The van der Waals surface area contributed by atoms with Crippen molar-refractivity contribution in [3.63, 3.8) is 0 Å². The first-order valence-electron chi connectivity index (χ1n) is 10.2. The second-order valence-corrected chi connectivity index (χ2v) is 9.16. The zero-order valence-electron chi connectivity index (χ0n) is 16.8. The van der Waals surface area contributed by atoms with E-state index in [0.29, 0.717) is 37.4 Å². The maximum absolute atomic E-state index is 13.6. The quantitative estimate of drug-likeness (QED) is 0.616. The van der Waals surface area contributed by atoms with E-state index in [1.54, 1.807) is 42.5 Å². The summed E-state index contributed by atoms with van der Waals surface area (Å²) in [6.07, 6.45) is 3.40. The van der Waals surface area contributed by atoms with Gasteiger partial charge in [0.1, 0.15) is 18.2 Å². The number of ether oxygens (including phenoxy) is 1. The van der Waals surface area contributed by atoms with Crippen LogP contribution in [0.25, 0.3) is 0 Å². The van der Waals surface area contributed by atoms with Gasteiger partial charge in [-0.1, -0.05) is 24.6 Å². The van der Waals surface area contributed by atoms with Gasteiger partial charge in [0.15, 0.2) is 0 Å². The first kappa shape index (κ1) is 22.2. The number of carbonyl (C=O) groups excluding carboxylic acids is 1. The fourth-order valence-electron chi connectivity index (χ4n) is 3.36. The number of nitrogens with one attached hydrogen (secondary N) is 1. The van der Waals surface area contributed by atoms with E-state index in [1.807, 2.05) is 0 Å². The molecule has 0 bridgehead atoms. The predicted molar refractivity (Wildman–Crippen MR) is 112 cm³/mol. The van der Waals surface area contributed by atoms with E-state index in [0.717, 1.165) is 19.3 Å². The van der Waals surface area contributed by atoms with Crippen molar-refractivity contribution < 1.29 is 22.3 Å². The third-order valence-corrected chi connectivity index (χ3v) is 6.96. The van der Waals surface area contributed by atoms with Gasteiger partial charge in [-0.2, -0.15) is 4.31 Å². The molecule has 8 heteroatoms. The first-order valence-corrected chi connectivity index (χ1v) is 11.6. The molecule has 2 aromatic rings. The van der Waals surface area contributed by atoms with Crippen LogP contribution in [0, 0.1) is 5.82 Å². The Morgan fingerprint density at radius 1 is 1.03 bits per heavy atom. The fraction of sp³-hybridized carbons (Fsp3) is 0.409. The molecule has 1 fully saturated rings. The molecular formula is C22H27FN2O4S. The molecule has 3 rings (SSSR count). The molecule has 0 unspecified atom stereocenters. The van der Waals surface area contributed by atoms with Gasteiger partial charge in [0.25, 0.3) is 0 Å². The molecule has 0 aliphatic carbocycles. The molecule has 0 saturated carbocycles. The van der Waals surface area contributed by atoms with Crippen molar-refractivity contribution in [2.75, 3.05) is 26.2 Å². The summed E-state index contributed by atoms with van der Waals surface area (Å²) in [5.41, 5.74) is 0.517. The fourth-order valence-corrected chi connectivity index (χ4v) is 4.88. The number of sulfonamides is 1. The van der Waals surface area contributed by atoms with Crippen molar-refractivity contribution in [1.82, 2.24) is 9.62 Å². The van der Waals surface area contributed by atoms with E-state index in [4.69, 9.17) is 4.74 Å². The molecule has 0 spiro atoms. The molecule has 2 aromatic carbocycles. The summed E-state index contributed by atoms with van der Waals surface area (Å²) in [7, 11) is -3.45. The van der Waals surface area contributed by atoms with Gasteiger partial charge >= 0.3 is 0 Å². The van der Waals surface area contributed by atoms with Crippen LogP contribution in [0.15, 0.2) is 53.4 Å². The second-order valence-electron chi connectivity index (χ2n) is 7.23. The van der Waals surface area contributed by atoms with Crippen LogP contribution in [0.1, 0.15) is 31.2 Å². The lowest BCUT2D eigenvalue weighted by Crippen LogP contribution is -2.35. The summed E-state index contributed by atoms with van der Waals surface area (Å²) in [6.45, 7) is 1.70. The molecule has 30 heavy (non-hydrogen) atoms. The lowest BCUT2D eigenvalue weighted by Gasteiger charge is -2.25. The van der Waals surface area contributed by atoms with Gasteiger partial charge < -0.3 is 10.1 Å². The van der Waals surface area contributed by atoms with Crippen LogP contribution in [-0.4, -0.2) is 44.9 Å². The van der Waals surface area contributed by atoms with Crippen molar-refractivity contribution in [2.24, 2.45) is 0 Å². The number of rotatable bonds is 9. The Labute approximate surface area is 177 Å². The number of amides is 1. The van der Waals surface area contributed by atoms with Gasteiger partial charge in [0, 0.05) is 19.5 Å². The minimum absolute atomic E-state index is 0.176. The molecule has 0 aromatic heterocycles. The Balaban J connectivity index is 1.40. The molecule has 1 N–H and O–H groups in total. The molecule has 1 aliphatic rings. The molecule has 162 valence electrons. The van der Waals surface area contributed by atoms with Crippen LogP contribution in [0.2, 0.25) is 0 Å². The maximum atomic E-state index is 13.6. The average Bonchev–Trinajstić information content (AvgIpc) is 2.77. The Morgan fingerprint density at radius 2 is 1.73 bits per heavy atom. The predicted octanol–water partition coefficient (Wildman–Crippen LogP) is 3.13. The first-order chi connectivity index (χ1) is 14.5. The highest BCUT2D eigenvalue weighted by Crippen LogP contribution is 2.22. The Bertz CT molecular complexity index is 942. The maximum Gasteiger partial charge on any atom is 0.243 e. The molecular weight excluding hydrogens is 407 g/mol. The van der Waals surface area contributed by atoms with Crippen LogP contribution in [0.5, 0.6) is 5.75 Å². The number of nitrogens with zero attached hydrogens (tertiary/aromatic N) is 1. The van der Waals surface area contributed by atoms with Gasteiger partial charge in [-0.3, -0.25) is 4.79 Å². The Morgan fingerprint density at radius 3 is 2.43 bits per heavy atom. The summed E-state index contributed by atoms with van der Waals surface area (Å²) < 4.78 is 45.9. The van der Waals surface area contributed by atoms with Crippen molar-refractivity contribution >= 4 is 15.9 Å². The van der Waals surface area contributed by atoms with Gasteiger partial charge in [-0.05, 0) is 55.2 Å². The monoisotopic (exact) mass is 434 g/mol. The minimum atomic E-state index is -3.45. The smallest absolute Gasteiger partial charge is 0.243 e. The van der Waals surface area contributed by atoms with E-state index in [-0.39, 0.29) is 29.6 Å². The number of aryl methyl sites for hydroxylation is 1. The number of carbonyl (C=O) groups is 1. The van der Waals surface area contributed by atoms with Crippen LogP contribution >= 0.6 is 0 Å². The number of hydrogen-bond acceptors (Lipinski definition) is 4. The molecule has 0 atom stereocenters. The number of piperidine rings is 1. The van der Waals surface area contributed by atoms with Crippen LogP contribution in [0.4, 0.5) is 4.39 Å². The molecule has 1 heterocycles. The largest absolute Gasteiger partial charge is 0.492 e. The van der Waals surface area contributed by atoms with E-state index < -0.39 is 10.0 Å². The van der Waals surface area contributed by atoms with Gasteiger partial charge in [-0.25, -0.2) is 12.8 Å². The summed E-state index contributed by atoms with van der Waals surface area (Å²) in [4.78, 5) is 12.1. The SMILES string of the molecule is O=C(CCc1ccccc1F)NCCOc1ccc(S(=O)(=O)N2CCCCC2)cc1. The van der Waals surface area contributed by atoms with E-state index in [2.05, 4.69) is 5.32 Å². The van der Waals surface area contributed by atoms with E-state index in [9.17, 15) is 17.6 Å². The second kappa shape index (κ2) is 10.5. The molecule has 0 radical (unpaired) electrons. The van der Waals surface area contributed by atoms with Gasteiger partial charge in [0.05, 0.1) is 11.4 Å². The zero-order chi connectivity index (χ0) is 21.4. The normalized spacial score (nSPS) is 15.0. The molecule has 6 nitrogen and oxygen atoms in total. The third-order valence-electron chi connectivity index (χ3n) is 5.05. The zero-order valence-corrected chi connectivity index (χ0v) is 17.7. The highest BCUT2D eigenvalue weighted by Gasteiger charge is 2.25. The summed E-state index contributed by atoms with van der Waals surface area (Å²) in [5, 5.41) is 2.73. The van der Waals surface area contributed by atoms with E-state index >= 15 is 0 Å². The summed E-state index contributed by atoms with van der Waals surface area (Å²) >= 11 is 0. The topological polar surface area (TPSA) is 75.7 Å². The highest BCUT2D eigenvalue weighted by molar-refractivity contribution is 7.89. The van der Waals surface area contributed by atoms with E-state index in [1.165, 1.54) is 10.4 Å². The summed E-state index contributed by atoms with van der Waals surface area (Å²) in [6, 6.07) is 12.7. The van der Waals surface area contributed by atoms with Crippen molar-refractivity contribution in [3.8, 4) is 5.75 Å². The van der Waals surface area contributed by atoms with Crippen molar-refractivity contribution in [3.05, 3.63) is 59.9 Å². The van der Waals surface area contributed by atoms with Gasteiger partial charge in [-0.15, -0.1) is 0 Å². The number of halogens is 1. The van der Waals surface area contributed by atoms with Crippen LogP contribution in [-0.2, 0) is 21.2 Å². The van der Waals surface area contributed by atoms with Crippen molar-refractivity contribution in [1.29, 1.82) is 0 Å². The number of hydrogen-bond donors (Lipinski definition) is 1. The lowest BCUT2D eigenvalue weighted by molar-refractivity contribution is -0.121. The average molecular weight is 435 g/mol. The molecule has 1 aliphatic heterocycles. The Hall–Kier alpha value is -2.45. The minimum Gasteiger partial charge on any atom is -0.492 e. The summed E-state index contributed by atoms with van der Waals surface area (Å²) in [5.74, 6) is 0.0532.